The molecule has 1 heterocycles. The Kier molecular flexibility index (Phi) is 10.9. The van der Waals surface area contributed by atoms with E-state index in [0.29, 0.717) is 37.7 Å². The van der Waals surface area contributed by atoms with Crippen LogP contribution in [0.3, 0.4) is 0 Å². The molecule has 1 saturated carbocycles. The third-order valence-corrected chi connectivity index (χ3v) is 7.82. The first kappa shape index (κ1) is 29.4. The van der Waals surface area contributed by atoms with Gasteiger partial charge in [0.05, 0.1) is 17.1 Å². The van der Waals surface area contributed by atoms with E-state index in [1.807, 2.05) is 25.2 Å². The minimum Gasteiger partial charge on any atom is -0.396 e. The summed E-state index contributed by atoms with van der Waals surface area (Å²) < 4.78 is 6.03. The molecule has 0 bridgehead atoms. The average Bonchev–Trinajstić information content (AvgIpc) is 3.10. The molecule has 2 aliphatic rings. The van der Waals surface area contributed by atoms with Gasteiger partial charge in [-0.1, -0.05) is 52.7 Å². The number of ether oxygens (including phenoxy) is 1. The lowest BCUT2D eigenvalue weighted by Gasteiger charge is -2.53. The van der Waals surface area contributed by atoms with Crippen LogP contribution in [0, 0.1) is 11.3 Å². The summed E-state index contributed by atoms with van der Waals surface area (Å²) >= 11 is 0. The van der Waals surface area contributed by atoms with Crippen molar-refractivity contribution in [3.8, 4) is 0 Å². The molecule has 196 valence electrons. The van der Waals surface area contributed by atoms with Gasteiger partial charge in [0.2, 0.25) is 0 Å². The van der Waals surface area contributed by atoms with Gasteiger partial charge in [0.15, 0.2) is 6.29 Å². The fraction of sp³-hybridized carbons (Fsp3) is 0.633. The van der Waals surface area contributed by atoms with E-state index >= 15 is 0 Å². The normalized spacial score (nSPS) is 33.5. The zero-order chi connectivity index (χ0) is 26.2. The molecule has 0 amide bonds. The quantitative estimate of drug-likeness (QED) is 0.159. The van der Waals surface area contributed by atoms with Crippen molar-refractivity contribution in [1.82, 2.24) is 0 Å². The maximum Gasteiger partial charge on any atom is 0.164 e. The highest BCUT2D eigenvalue weighted by atomic mass is 16.6. The summed E-state index contributed by atoms with van der Waals surface area (Å²) in [5, 5.41) is 32.3. The fourth-order valence-corrected chi connectivity index (χ4v) is 5.80. The first-order chi connectivity index (χ1) is 16.5. The number of carbonyl (C=O) groups excluding carboxylic acids is 1. The van der Waals surface area contributed by atoms with Gasteiger partial charge in [-0.05, 0) is 98.0 Å². The molecule has 1 aliphatic carbocycles. The highest BCUT2D eigenvalue weighted by Gasteiger charge is 2.64. The molecule has 5 nitrogen and oxygen atoms in total. The second-order valence-electron chi connectivity index (χ2n) is 10.9. The van der Waals surface area contributed by atoms with E-state index in [2.05, 4.69) is 32.9 Å². The molecule has 1 spiro atoms. The standard InChI is InChI=1S/C30H46O5/c1-21(2)10-7-11-22(3)12-8-13-23(4)18-25-19-30(28(33)35-25)27(14-9-17-31)26(24(5)20-32)15-16-29(30,6)34/h8,10,12-13,18,20,25,27-28,31,33-34H,7,9,11,14-17,19H2,1-6H3/b13-8+,22-12+,23-18+,26-24-/t25-,27+,28-,29-,30-/m0/s1. The second-order valence-corrected chi connectivity index (χ2v) is 10.9. The molecule has 5 atom stereocenters. The largest absolute Gasteiger partial charge is 0.396 e. The minimum absolute atomic E-state index is 0.0214. The van der Waals surface area contributed by atoms with Crippen molar-refractivity contribution in [2.24, 2.45) is 11.3 Å². The van der Waals surface area contributed by atoms with Crippen LogP contribution in [0.15, 0.2) is 58.2 Å². The molecular formula is C30H46O5. The predicted molar refractivity (Wildman–Crippen MR) is 142 cm³/mol. The van der Waals surface area contributed by atoms with Crippen LogP contribution in [-0.2, 0) is 9.53 Å². The van der Waals surface area contributed by atoms with Gasteiger partial charge in [-0.25, -0.2) is 0 Å². The summed E-state index contributed by atoms with van der Waals surface area (Å²) in [7, 11) is 0. The van der Waals surface area contributed by atoms with E-state index in [0.717, 1.165) is 30.3 Å². The van der Waals surface area contributed by atoms with E-state index in [4.69, 9.17) is 4.74 Å². The maximum atomic E-state index is 11.6. The molecule has 5 heteroatoms. The summed E-state index contributed by atoms with van der Waals surface area (Å²) in [5.74, 6) is -0.237. The Labute approximate surface area is 212 Å². The van der Waals surface area contributed by atoms with Gasteiger partial charge < -0.3 is 20.1 Å². The second kappa shape index (κ2) is 13.0. The Balaban J connectivity index is 2.26. The summed E-state index contributed by atoms with van der Waals surface area (Å²) in [4.78, 5) is 11.6. The van der Waals surface area contributed by atoms with Gasteiger partial charge in [-0.2, -0.15) is 0 Å². The monoisotopic (exact) mass is 486 g/mol. The topological polar surface area (TPSA) is 87.0 Å². The van der Waals surface area contributed by atoms with Gasteiger partial charge in [0.25, 0.3) is 0 Å². The van der Waals surface area contributed by atoms with Crippen LogP contribution in [0.1, 0.15) is 86.5 Å². The van der Waals surface area contributed by atoms with Crippen molar-refractivity contribution >= 4 is 6.29 Å². The third-order valence-electron chi connectivity index (χ3n) is 7.82. The number of hydrogen-bond acceptors (Lipinski definition) is 5. The Morgan fingerprint density at radius 2 is 1.91 bits per heavy atom. The molecule has 0 aromatic rings. The molecule has 0 radical (unpaired) electrons. The average molecular weight is 487 g/mol. The molecule has 1 saturated heterocycles. The van der Waals surface area contributed by atoms with Crippen molar-refractivity contribution in [1.29, 1.82) is 0 Å². The van der Waals surface area contributed by atoms with E-state index in [1.165, 1.54) is 11.1 Å². The van der Waals surface area contributed by atoms with Gasteiger partial charge in [-0.3, -0.25) is 4.79 Å². The van der Waals surface area contributed by atoms with Crippen LogP contribution in [0.4, 0.5) is 0 Å². The van der Waals surface area contributed by atoms with Crippen molar-refractivity contribution in [2.75, 3.05) is 6.61 Å². The number of carbonyl (C=O) groups is 1. The van der Waals surface area contributed by atoms with Crippen molar-refractivity contribution in [3.05, 3.63) is 58.2 Å². The highest BCUT2D eigenvalue weighted by molar-refractivity contribution is 5.74. The molecule has 0 aromatic heterocycles. The fourth-order valence-electron chi connectivity index (χ4n) is 5.80. The van der Waals surface area contributed by atoms with E-state index in [-0.39, 0.29) is 18.6 Å². The maximum absolute atomic E-state index is 11.6. The molecule has 0 unspecified atom stereocenters. The van der Waals surface area contributed by atoms with Crippen molar-refractivity contribution < 1.29 is 24.9 Å². The summed E-state index contributed by atoms with van der Waals surface area (Å²) in [6.45, 7) is 12.0. The molecule has 2 rings (SSSR count). The van der Waals surface area contributed by atoms with Gasteiger partial charge in [-0.15, -0.1) is 0 Å². The Morgan fingerprint density at radius 3 is 2.54 bits per heavy atom. The lowest BCUT2D eigenvalue weighted by Crippen LogP contribution is -2.58. The minimum atomic E-state index is -1.16. The van der Waals surface area contributed by atoms with Gasteiger partial charge >= 0.3 is 0 Å². The van der Waals surface area contributed by atoms with Gasteiger partial charge in [0.1, 0.15) is 6.29 Å². The Morgan fingerprint density at radius 1 is 1.20 bits per heavy atom. The number of aldehydes is 1. The number of allylic oxidation sites excluding steroid dienone is 9. The molecular weight excluding hydrogens is 440 g/mol. The van der Waals surface area contributed by atoms with Crippen LogP contribution >= 0.6 is 0 Å². The zero-order valence-corrected chi connectivity index (χ0v) is 22.5. The van der Waals surface area contributed by atoms with Crippen LogP contribution in [0.5, 0.6) is 0 Å². The van der Waals surface area contributed by atoms with Crippen molar-refractivity contribution in [2.45, 2.75) is 104 Å². The summed E-state index contributed by atoms with van der Waals surface area (Å²) in [6.07, 6.45) is 14.5. The first-order valence-corrected chi connectivity index (χ1v) is 13.0. The number of rotatable bonds is 10. The third kappa shape index (κ3) is 7.13. The van der Waals surface area contributed by atoms with Gasteiger partial charge in [0, 0.05) is 6.61 Å². The molecule has 0 aromatic carbocycles. The van der Waals surface area contributed by atoms with Crippen LogP contribution < -0.4 is 0 Å². The molecule has 3 N–H and O–H groups in total. The SMILES string of the molecule is CC(C)=CCC/C(C)=C/C=C/C(C)=C/[C@H]1C[C@]2([C@H](CCCO)/C(=C(/C)C=O)CC[C@]2(C)O)[C@@H](O)O1. The predicted octanol–water partition coefficient (Wildman–Crippen LogP) is 5.72. The first-order valence-electron chi connectivity index (χ1n) is 13.0. The van der Waals surface area contributed by atoms with Crippen LogP contribution in [-0.4, -0.2) is 46.2 Å². The molecule has 35 heavy (non-hydrogen) atoms. The highest BCUT2D eigenvalue weighted by Crippen LogP contribution is 2.60. The number of aliphatic hydroxyl groups excluding tert-OH is 2. The Hall–Kier alpha value is -1.79. The molecule has 2 fully saturated rings. The zero-order valence-electron chi connectivity index (χ0n) is 22.5. The van der Waals surface area contributed by atoms with Crippen LogP contribution in [0.2, 0.25) is 0 Å². The summed E-state index contributed by atoms with van der Waals surface area (Å²) in [6, 6.07) is 0. The number of aliphatic hydroxyl groups is 3. The van der Waals surface area contributed by atoms with Crippen molar-refractivity contribution in [3.63, 3.8) is 0 Å². The summed E-state index contributed by atoms with van der Waals surface area (Å²) in [5.41, 5.74) is 3.20. The van der Waals surface area contributed by atoms with E-state index < -0.39 is 17.3 Å². The van der Waals surface area contributed by atoms with E-state index in [9.17, 15) is 20.1 Å². The smallest absolute Gasteiger partial charge is 0.164 e. The van der Waals surface area contributed by atoms with E-state index in [1.54, 1.807) is 13.8 Å². The number of hydrogen-bond donors (Lipinski definition) is 3. The molecule has 1 aliphatic heterocycles. The lowest BCUT2D eigenvalue weighted by molar-refractivity contribution is -0.219. The Bertz CT molecular complexity index is 884. The van der Waals surface area contributed by atoms with Crippen LogP contribution in [0.25, 0.3) is 0 Å². The lowest BCUT2D eigenvalue weighted by atomic mass is 9.53.